The summed E-state index contributed by atoms with van der Waals surface area (Å²) in [5, 5.41) is 5.13. The van der Waals surface area contributed by atoms with Gasteiger partial charge in [0.05, 0.1) is 13.2 Å². The molecule has 2 aliphatic rings. The topological polar surface area (TPSA) is 153 Å². The van der Waals surface area contributed by atoms with Gasteiger partial charge < -0.3 is 25.1 Å². The number of rotatable bonds is 4. The third-order valence-electron chi connectivity index (χ3n) is 6.75. The van der Waals surface area contributed by atoms with Crippen LogP contribution in [0.3, 0.4) is 0 Å². The van der Waals surface area contributed by atoms with Crippen LogP contribution in [0.4, 0.5) is 18.0 Å². The number of carbonyl (C=O) groups excluding carboxylic acids is 3. The van der Waals surface area contributed by atoms with Crippen LogP contribution in [0, 0.1) is 0 Å². The van der Waals surface area contributed by atoms with Gasteiger partial charge in [0.1, 0.15) is 22.5 Å². The molecular weight excluding hydrogens is 509 g/mol. The van der Waals surface area contributed by atoms with E-state index in [4.69, 9.17) is 14.9 Å². The van der Waals surface area contributed by atoms with E-state index in [9.17, 15) is 27.6 Å². The highest BCUT2D eigenvalue weighted by atomic mass is 19.4. The van der Waals surface area contributed by atoms with E-state index in [0.717, 1.165) is 6.07 Å². The average molecular weight is 532 g/mol. The number of nitrogens with two attached hydrogens (primary N) is 1. The van der Waals surface area contributed by atoms with Crippen LogP contribution < -0.4 is 21.1 Å². The molecule has 0 unspecified atom stereocenters. The Labute approximate surface area is 213 Å². The molecule has 1 atom stereocenters. The molecule has 2 aliphatic heterocycles. The molecule has 2 aromatic heterocycles. The van der Waals surface area contributed by atoms with Crippen molar-refractivity contribution < 1.29 is 36.7 Å². The summed E-state index contributed by atoms with van der Waals surface area (Å²) in [5.74, 6) is -0.715. The molecule has 2 fully saturated rings. The molecule has 4 N–H and O–H groups in total. The second kappa shape index (κ2) is 8.97. The predicted octanol–water partition coefficient (Wildman–Crippen LogP) is 2.75. The number of piperidine rings is 1. The molecule has 4 amide bonds. The number of fused-ring (bicyclic) bond motifs is 1. The molecule has 5 rings (SSSR count). The number of methoxy groups -OCH3 is 1. The Hall–Kier alpha value is -4.20. The summed E-state index contributed by atoms with van der Waals surface area (Å²) in [6.07, 6.45) is -4.23. The molecule has 0 bridgehead atoms. The molecular formula is C24H23F3N6O5. The Morgan fingerprint density at radius 2 is 1.89 bits per heavy atom. The van der Waals surface area contributed by atoms with E-state index in [1.807, 2.05) is 0 Å². The number of aromatic nitrogens is 2. The first-order chi connectivity index (χ1) is 17.9. The smallest absolute Gasteiger partial charge is 0.433 e. The summed E-state index contributed by atoms with van der Waals surface area (Å²) >= 11 is 0. The van der Waals surface area contributed by atoms with E-state index in [1.165, 1.54) is 24.1 Å². The maximum Gasteiger partial charge on any atom is 0.433 e. The average Bonchev–Trinajstić information content (AvgIpc) is 3.43. The lowest BCUT2D eigenvalue weighted by Gasteiger charge is -2.36. The quantitative estimate of drug-likeness (QED) is 0.434. The second-order valence-electron chi connectivity index (χ2n) is 9.21. The maximum absolute atomic E-state index is 13.4. The van der Waals surface area contributed by atoms with Gasteiger partial charge in [0.25, 0.3) is 11.8 Å². The van der Waals surface area contributed by atoms with Crippen molar-refractivity contribution >= 4 is 28.7 Å². The summed E-state index contributed by atoms with van der Waals surface area (Å²) in [5.41, 5.74) is 4.12. The van der Waals surface area contributed by atoms with Gasteiger partial charge in [0, 0.05) is 24.0 Å². The van der Waals surface area contributed by atoms with Gasteiger partial charge in [0.2, 0.25) is 5.89 Å². The fourth-order valence-electron chi connectivity index (χ4n) is 4.73. The van der Waals surface area contributed by atoms with E-state index >= 15 is 0 Å². The Kier molecular flexibility index (Phi) is 6.01. The number of nitrogens with one attached hydrogen (secondary N) is 2. The summed E-state index contributed by atoms with van der Waals surface area (Å²) in [6.45, 7) is 1.94. The lowest BCUT2D eigenvalue weighted by Crippen LogP contribution is -2.55. The summed E-state index contributed by atoms with van der Waals surface area (Å²) < 4.78 is 51.0. The number of halogens is 3. The van der Waals surface area contributed by atoms with E-state index in [1.54, 1.807) is 13.0 Å². The van der Waals surface area contributed by atoms with Gasteiger partial charge in [-0.25, -0.2) is 14.8 Å². The van der Waals surface area contributed by atoms with Crippen molar-refractivity contribution in [2.75, 3.05) is 20.2 Å². The zero-order valence-electron chi connectivity index (χ0n) is 20.3. The molecule has 11 nitrogen and oxygen atoms in total. The minimum absolute atomic E-state index is 0.0224. The van der Waals surface area contributed by atoms with Crippen molar-refractivity contribution in [3.63, 3.8) is 0 Å². The number of pyridine rings is 1. The third kappa shape index (κ3) is 4.20. The number of urea groups is 1. The highest BCUT2D eigenvalue weighted by molar-refractivity contribution is 6.07. The molecule has 3 aromatic rings. The molecule has 1 aromatic carbocycles. The molecule has 200 valence electrons. The normalized spacial score (nSPS) is 18.0. The Morgan fingerprint density at radius 3 is 2.47 bits per heavy atom. The number of alkyl halides is 3. The van der Waals surface area contributed by atoms with Crippen molar-refractivity contribution in [1.29, 1.82) is 0 Å². The van der Waals surface area contributed by atoms with Gasteiger partial charge in [-0.15, -0.1) is 0 Å². The largest absolute Gasteiger partial charge is 0.494 e. The molecule has 0 radical (unpaired) electrons. The van der Waals surface area contributed by atoms with Crippen LogP contribution in [0.5, 0.6) is 5.75 Å². The minimum Gasteiger partial charge on any atom is -0.494 e. The number of nitrogens with zero attached hydrogens (tertiary/aromatic N) is 3. The van der Waals surface area contributed by atoms with Gasteiger partial charge in [-0.2, -0.15) is 13.2 Å². The van der Waals surface area contributed by atoms with Crippen LogP contribution in [0.1, 0.15) is 47.7 Å². The second-order valence-corrected chi connectivity index (χ2v) is 9.21. The molecule has 0 saturated carbocycles. The molecule has 4 heterocycles. The standard InChI is InChI=1S/C24H23F3N6O5/c1-11(28)18-17(20(34)33-9-7-23(8-10-33)21(35)31-22(36)32-23)30-19(38-18)13-3-5-14(37-2)16-12(13)4-6-15(29-16)24(25,26)27/h3-6,11H,7-10,28H2,1-2H3,(H2,31,32,35,36)/t11-/m0/s1. The third-order valence-corrected chi connectivity index (χ3v) is 6.75. The first-order valence-electron chi connectivity index (χ1n) is 11.7. The molecule has 38 heavy (non-hydrogen) atoms. The SMILES string of the molecule is COc1ccc(-c2nc(C(=O)N3CCC4(CC3)NC(=O)NC4=O)c([C@H](C)N)o2)c2ccc(C(F)(F)F)nc12. The maximum atomic E-state index is 13.4. The Balaban J connectivity index is 1.50. The summed E-state index contributed by atoms with van der Waals surface area (Å²) in [7, 11) is 1.32. The van der Waals surface area contributed by atoms with Crippen LogP contribution in [0.25, 0.3) is 22.4 Å². The zero-order valence-corrected chi connectivity index (χ0v) is 20.3. The van der Waals surface area contributed by atoms with Gasteiger partial charge in [-0.05, 0) is 44.0 Å². The van der Waals surface area contributed by atoms with Crippen molar-refractivity contribution in [1.82, 2.24) is 25.5 Å². The van der Waals surface area contributed by atoms with Crippen molar-refractivity contribution in [3.8, 4) is 17.2 Å². The fraction of sp³-hybridized carbons (Fsp3) is 0.375. The number of benzene rings is 1. The Morgan fingerprint density at radius 1 is 1.18 bits per heavy atom. The van der Waals surface area contributed by atoms with Crippen LogP contribution in [-0.2, 0) is 11.0 Å². The number of hydrogen-bond acceptors (Lipinski definition) is 8. The van der Waals surface area contributed by atoms with E-state index < -0.39 is 41.3 Å². The van der Waals surface area contributed by atoms with Crippen molar-refractivity contribution in [2.24, 2.45) is 5.73 Å². The van der Waals surface area contributed by atoms with Gasteiger partial charge in [-0.1, -0.05) is 0 Å². The molecule has 1 spiro atoms. The summed E-state index contributed by atoms with van der Waals surface area (Å²) in [6, 6.07) is 3.77. The van der Waals surface area contributed by atoms with Crippen LogP contribution >= 0.6 is 0 Å². The monoisotopic (exact) mass is 532 g/mol. The number of likely N-dealkylation sites (tertiary alicyclic amines) is 1. The van der Waals surface area contributed by atoms with Crippen LogP contribution in [0.2, 0.25) is 0 Å². The predicted molar refractivity (Wildman–Crippen MR) is 126 cm³/mol. The van der Waals surface area contributed by atoms with E-state index in [0.29, 0.717) is 5.56 Å². The van der Waals surface area contributed by atoms with E-state index in [2.05, 4.69) is 20.6 Å². The summed E-state index contributed by atoms with van der Waals surface area (Å²) in [4.78, 5) is 46.9. The van der Waals surface area contributed by atoms with Gasteiger partial charge in [-0.3, -0.25) is 14.9 Å². The van der Waals surface area contributed by atoms with E-state index in [-0.39, 0.29) is 59.9 Å². The number of imide groups is 1. The van der Waals surface area contributed by atoms with Crippen LogP contribution in [-0.4, -0.2) is 58.5 Å². The first kappa shape index (κ1) is 25.4. The molecule has 14 heteroatoms. The number of hydrogen-bond donors (Lipinski definition) is 3. The van der Waals surface area contributed by atoms with Gasteiger partial charge in [0.15, 0.2) is 11.5 Å². The number of ether oxygens (including phenoxy) is 1. The first-order valence-corrected chi connectivity index (χ1v) is 11.7. The minimum atomic E-state index is -4.66. The van der Waals surface area contributed by atoms with Crippen molar-refractivity contribution in [3.05, 3.63) is 41.4 Å². The number of oxazole rings is 1. The van der Waals surface area contributed by atoms with Crippen molar-refractivity contribution in [2.45, 2.75) is 37.5 Å². The lowest BCUT2D eigenvalue weighted by atomic mass is 9.87. The highest BCUT2D eigenvalue weighted by Gasteiger charge is 2.48. The van der Waals surface area contributed by atoms with Gasteiger partial charge >= 0.3 is 12.2 Å². The number of amides is 4. The molecule has 2 saturated heterocycles. The highest BCUT2D eigenvalue weighted by Crippen LogP contribution is 2.38. The molecule has 0 aliphatic carbocycles. The number of carbonyl (C=O) groups is 3. The Bertz CT molecular complexity index is 1460. The zero-order chi connectivity index (χ0) is 27.4. The lowest BCUT2D eigenvalue weighted by molar-refractivity contribution is -0.141. The fourth-order valence-corrected chi connectivity index (χ4v) is 4.73. The van der Waals surface area contributed by atoms with Crippen LogP contribution in [0.15, 0.2) is 28.7 Å².